The van der Waals surface area contributed by atoms with Crippen molar-refractivity contribution < 1.29 is 40.3 Å². The number of halogens is 6. The monoisotopic (exact) mass is 980 g/mol. The number of carbonyl (C=O) groups is 2. The Balaban J connectivity index is 1.23. The number of benzene rings is 6. The number of azo groups is 2. The van der Waals surface area contributed by atoms with Gasteiger partial charge in [0, 0.05) is 59.1 Å². The van der Waals surface area contributed by atoms with E-state index in [1.807, 2.05) is 121 Å². The number of Topliss-reactive ketones (excluding diaryl/α,β-unsaturated/α-hetero) is 2. The first-order valence-electron chi connectivity index (χ1n) is 23.1. The summed E-state index contributed by atoms with van der Waals surface area (Å²) in [6, 6.07) is 49.3. The highest BCUT2D eigenvalue weighted by atomic mass is 19.4. The van der Waals surface area contributed by atoms with E-state index in [0.29, 0.717) is 33.4 Å². The van der Waals surface area contributed by atoms with E-state index >= 15 is 0 Å². The molecule has 362 valence electrons. The minimum atomic E-state index is -4.58. The zero-order chi connectivity index (χ0) is 51.0. The third kappa shape index (κ3) is 12.4. The normalized spacial score (nSPS) is 14.3. The summed E-state index contributed by atoms with van der Waals surface area (Å²) in [4.78, 5) is 28.6. The number of ketones is 2. The SMILES string of the molecule is O=C1C(Cc2ccccc2)=CC(=C(/N=N/c2ccc(C(F)(F)F)cc2)c2ccc(C(/N=N/c3ccc(C(F)(F)F)cc3)=C3C=C(Cc4ccccc4)C(=O)C(Cc4ccccc4)=C3)o2)C=C1Cc1ccccc1. The van der Waals surface area contributed by atoms with Gasteiger partial charge < -0.3 is 4.42 Å². The second-order valence-corrected chi connectivity index (χ2v) is 17.2. The molecule has 0 atom stereocenters. The summed E-state index contributed by atoms with van der Waals surface area (Å²) >= 11 is 0. The Kier molecular flexibility index (Phi) is 14.6. The summed E-state index contributed by atoms with van der Waals surface area (Å²) in [6.07, 6.45) is -1.35. The first kappa shape index (κ1) is 49.2. The summed E-state index contributed by atoms with van der Waals surface area (Å²) in [7, 11) is 0. The molecule has 0 saturated heterocycles. The van der Waals surface area contributed by atoms with Gasteiger partial charge in [-0.1, -0.05) is 121 Å². The van der Waals surface area contributed by atoms with Gasteiger partial charge in [-0.05, 0) is 107 Å². The van der Waals surface area contributed by atoms with Crippen LogP contribution in [0.25, 0.3) is 11.4 Å². The van der Waals surface area contributed by atoms with Crippen LogP contribution >= 0.6 is 0 Å². The molecule has 13 heteroatoms. The molecule has 0 spiro atoms. The summed E-state index contributed by atoms with van der Waals surface area (Å²) in [5, 5.41) is 18.0. The van der Waals surface area contributed by atoms with Gasteiger partial charge in [0.1, 0.15) is 11.4 Å². The third-order valence-corrected chi connectivity index (χ3v) is 12.0. The molecule has 0 fully saturated rings. The van der Waals surface area contributed by atoms with Crippen molar-refractivity contribution in [1.29, 1.82) is 0 Å². The molecule has 6 aromatic carbocycles. The highest BCUT2D eigenvalue weighted by Crippen LogP contribution is 2.38. The van der Waals surface area contributed by atoms with Gasteiger partial charge in [0.05, 0.1) is 22.5 Å². The van der Waals surface area contributed by atoms with Gasteiger partial charge in [-0.15, -0.1) is 10.2 Å². The Morgan fingerprint density at radius 2 is 0.644 bits per heavy atom. The first-order chi connectivity index (χ1) is 35.2. The Bertz CT molecular complexity index is 3050. The van der Waals surface area contributed by atoms with E-state index in [1.165, 1.54) is 24.3 Å². The van der Waals surface area contributed by atoms with Crippen molar-refractivity contribution >= 4 is 34.3 Å². The quantitative estimate of drug-likeness (QED) is 0.0802. The number of rotatable bonds is 14. The van der Waals surface area contributed by atoms with Crippen molar-refractivity contribution in [3.8, 4) is 0 Å². The lowest BCUT2D eigenvalue weighted by Crippen LogP contribution is -2.15. The summed E-state index contributed by atoms with van der Waals surface area (Å²) in [5.41, 5.74) is 4.74. The molecule has 0 unspecified atom stereocenters. The van der Waals surface area contributed by atoms with Crippen LogP contribution < -0.4 is 0 Å². The van der Waals surface area contributed by atoms with Crippen LogP contribution in [0.5, 0.6) is 0 Å². The molecule has 0 radical (unpaired) electrons. The van der Waals surface area contributed by atoms with Gasteiger partial charge in [0.2, 0.25) is 0 Å². The molecule has 2 aliphatic carbocycles. The van der Waals surface area contributed by atoms with Crippen LogP contribution in [0.4, 0.5) is 37.7 Å². The van der Waals surface area contributed by atoms with Gasteiger partial charge in [-0.25, -0.2) is 0 Å². The molecule has 1 aromatic heterocycles. The minimum Gasteiger partial charge on any atom is -0.453 e. The Labute approximate surface area is 416 Å². The predicted octanol–water partition coefficient (Wildman–Crippen LogP) is 16.1. The third-order valence-electron chi connectivity index (χ3n) is 12.0. The second kappa shape index (κ2) is 21.7. The van der Waals surface area contributed by atoms with E-state index in [2.05, 4.69) is 20.5 Å². The molecule has 0 aliphatic heterocycles. The number of alkyl halides is 6. The van der Waals surface area contributed by atoms with Crippen molar-refractivity contribution in [2.24, 2.45) is 20.5 Å². The topological polar surface area (TPSA) is 96.7 Å². The highest BCUT2D eigenvalue weighted by molar-refractivity contribution is 6.12. The van der Waals surface area contributed by atoms with Crippen LogP contribution in [0.15, 0.2) is 265 Å². The lowest BCUT2D eigenvalue weighted by atomic mass is 9.86. The molecular weight excluding hydrogens is 939 g/mol. The number of nitrogens with zero attached hydrogens (tertiary/aromatic N) is 4. The molecule has 9 rings (SSSR count). The van der Waals surface area contributed by atoms with Crippen molar-refractivity contribution in [3.05, 3.63) is 285 Å². The van der Waals surface area contributed by atoms with Crippen LogP contribution in [0.2, 0.25) is 0 Å². The lowest BCUT2D eigenvalue weighted by Gasteiger charge is -2.18. The van der Waals surface area contributed by atoms with Crippen LogP contribution in [0, 0.1) is 0 Å². The fourth-order valence-electron chi connectivity index (χ4n) is 8.31. The zero-order valence-corrected chi connectivity index (χ0v) is 38.7. The molecule has 0 saturated carbocycles. The molecule has 1 heterocycles. The maximum Gasteiger partial charge on any atom is 0.416 e. The summed E-state index contributed by atoms with van der Waals surface area (Å²) in [6.45, 7) is 0. The number of carbonyl (C=O) groups excluding carboxylic acids is 2. The largest absolute Gasteiger partial charge is 0.453 e. The van der Waals surface area contributed by atoms with E-state index in [9.17, 15) is 35.9 Å². The smallest absolute Gasteiger partial charge is 0.416 e. The van der Waals surface area contributed by atoms with Crippen LogP contribution in [0.1, 0.15) is 44.9 Å². The van der Waals surface area contributed by atoms with Gasteiger partial charge >= 0.3 is 12.4 Å². The van der Waals surface area contributed by atoms with E-state index in [1.54, 1.807) is 36.4 Å². The number of hydrogen-bond donors (Lipinski definition) is 0. The van der Waals surface area contributed by atoms with Gasteiger partial charge in [-0.2, -0.15) is 36.6 Å². The van der Waals surface area contributed by atoms with Crippen molar-refractivity contribution in [1.82, 2.24) is 0 Å². The van der Waals surface area contributed by atoms with Gasteiger partial charge in [0.15, 0.2) is 23.1 Å². The molecule has 7 aromatic rings. The number of furan rings is 1. The van der Waals surface area contributed by atoms with Crippen molar-refractivity contribution in [2.75, 3.05) is 0 Å². The fraction of sp³-hybridized carbons (Fsp3) is 0.100. The molecule has 73 heavy (non-hydrogen) atoms. The molecule has 0 bridgehead atoms. The Morgan fingerprint density at radius 1 is 0.370 bits per heavy atom. The highest BCUT2D eigenvalue weighted by Gasteiger charge is 2.31. The van der Waals surface area contributed by atoms with E-state index in [-0.39, 0.29) is 71.5 Å². The summed E-state index contributed by atoms with van der Waals surface area (Å²) < 4.78 is 88.2. The molecule has 0 N–H and O–H groups in total. The first-order valence-corrected chi connectivity index (χ1v) is 23.1. The maximum atomic E-state index is 14.3. The Hall–Kier alpha value is -8.84. The van der Waals surface area contributed by atoms with Crippen LogP contribution in [-0.4, -0.2) is 11.6 Å². The van der Waals surface area contributed by atoms with Crippen molar-refractivity contribution in [3.63, 3.8) is 0 Å². The predicted molar refractivity (Wildman–Crippen MR) is 267 cm³/mol. The van der Waals surface area contributed by atoms with E-state index < -0.39 is 23.5 Å². The van der Waals surface area contributed by atoms with E-state index in [0.717, 1.165) is 46.5 Å². The molecule has 2 aliphatic rings. The number of hydrogen-bond acceptors (Lipinski definition) is 7. The Morgan fingerprint density at radius 3 is 0.904 bits per heavy atom. The van der Waals surface area contributed by atoms with Gasteiger partial charge in [-0.3, -0.25) is 9.59 Å². The standard InChI is InChI=1S/C60H42F6N4O3/c61-59(62,63)49-21-25-51(26-22-49)67-69-55(43-35-45(31-39-13-5-1-6-14-39)57(71)46(36-43)32-40-15-7-2-8-16-40)53-29-30-54(73-53)56(70-68-52-27-23-50(24-28-52)60(64,65)66)44-37-47(33-41-17-9-3-10-18-41)58(72)48(38-44)34-42-19-11-4-12-20-42/h1-30,35-38H,31-34H2/b69-67+,70-68+. The van der Waals surface area contributed by atoms with Gasteiger partial charge in [0.25, 0.3) is 0 Å². The zero-order valence-electron chi connectivity index (χ0n) is 38.7. The molecular formula is C60H42F6N4O3. The summed E-state index contributed by atoms with van der Waals surface area (Å²) in [5.74, 6) is -0.154. The maximum absolute atomic E-state index is 14.3. The average molecular weight is 981 g/mol. The van der Waals surface area contributed by atoms with Crippen molar-refractivity contribution in [2.45, 2.75) is 38.0 Å². The minimum absolute atomic E-state index is 0.0962. The second-order valence-electron chi connectivity index (χ2n) is 17.2. The number of allylic oxidation sites excluding steroid dienone is 10. The van der Waals surface area contributed by atoms with Crippen LogP contribution in [0.3, 0.4) is 0 Å². The van der Waals surface area contributed by atoms with Crippen LogP contribution in [-0.2, 0) is 47.6 Å². The fourth-order valence-corrected chi connectivity index (χ4v) is 8.31. The molecule has 0 amide bonds. The van der Waals surface area contributed by atoms with E-state index in [4.69, 9.17) is 4.42 Å². The molecule has 7 nitrogen and oxygen atoms in total. The average Bonchev–Trinajstić information content (AvgIpc) is 3.87. The lowest BCUT2D eigenvalue weighted by molar-refractivity contribution is -0.138.